The highest BCUT2D eigenvalue weighted by molar-refractivity contribution is 5.85. The van der Waals surface area contributed by atoms with Crippen LogP contribution in [-0.2, 0) is 0 Å². The lowest BCUT2D eigenvalue weighted by molar-refractivity contribution is 0.211. The Balaban J connectivity index is 1.70. The lowest BCUT2D eigenvalue weighted by atomic mass is 10.0. The molecule has 1 N–H and O–H groups in total. The first-order chi connectivity index (χ1) is 12.2. The van der Waals surface area contributed by atoms with Gasteiger partial charge >= 0.3 is 0 Å². The molecule has 1 saturated heterocycles. The molecule has 25 heavy (non-hydrogen) atoms. The largest absolute Gasteiger partial charge is 0.472 e. The second-order valence-corrected chi connectivity index (χ2v) is 6.97. The first-order valence-corrected chi connectivity index (χ1v) is 8.93. The van der Waals surface area contributed by atoms with Crippen molar-refractivity contribution in [2.75, 3.05) is 6.54 Å². The Labute approximate surface area is 148 Å². The van der Waals surface area contributed by atoms with Gasteiger partial charge in [-0.2, -0.15) is 4.98 Å². The van der Waals surface area contributed by atoms with Crippen molar-refractivity contribution in [2.24, 2.45) is 5.92 Å². The highest BCUT2D eigenvalue weighted by Crippen LogP contribution is 2.28. The van der Waals surface area contributed by atoms with Crippen molar-refractivity contribution in [1.82, 2.24) is 15.3 Å². The summed E-state index contributed by atoms with van der Waals surface area (Å²) >= 11 is 0. The SMILES string of the molecule is CC(C)C1CC(Oc2nc(-c3ccccc3)nc3ccccc23)CN1. The Morgan fingerprint density at radius 3 is 2.52 bits per heavy atom. The Hall–Kier alpha value is -2.46. The van der Waals surface area contributed by atoms with Crippen molar-refractivity contribution < 1.29 is 4.74 Å². The molecule has 4 rings (SSSR count). The van der Waals surface area contributed by atoms with Crippen LogP contribution < -0.4 is 10.1 Å². The van der Waals surface area contributed by atoms with E-state index in [4.69, 9.17) is 14.7 Å². The molecule has 0 radical (unpaired) electrons. The Morgan fingerprint density at radius 1 is 1.00 bits per heavy atom. The molecule has 1 aliphatic rings. The Morgan fingerprint density at radius 2 is 1.76 bits per heavy atom. The fraction of sp³-hybridized carbons (Fsp3) is 0.333. The van der Waals surface area contributed by atoms with E-state index in [0.717, 1.165) is 29.4 Å². The molecular formula is C21H23N3O. The van der Waals surface area contributed by atoms with Gasteiger partial charge in [-0.3, -0.25) is 0 Å². The molecule has 4 nitrogen and oxygen atoms in total. The summed E-state index contributed by atoms with van der Waals surface area (Å²) < 4.78 is 6.32. The van der Waals surface area contributed by atoms with Gasteiger partial charge in [0.15, 0.2) is 5.82 Å². The van der Waals surface area contributed by atoms with Crippen molar-refractivity contribution in [3.63, 3.8) is 0 Å². The molecule has 4 heteroatoms. The second-order valence-electron chi connectivity index (χ2n) is 6.97. The highest BCUT2D eigenvalue weighted by atomic mass is 16.5. The topological polar surface area (TPSA) is 47.0 Å². The van der Waals surface area contributed by atoms with Crippen molar-refractivity contribution >= 4 is 10.9 Å². The van der Waals surface area contributed by atoms with Gasteiger partial charge in [0.2, 0.25) is 5.88 Å². The molecule has 2 heterocycles. The van der Waals surface area contributed by atoms with Gasteiger partial charge in [-0.05, 0) is 18.1 Å². The number of nitrogens with one attached hydrogen (secondary N) is 1. The minimum Gasteiger partial charge on any atom is -0.472 e. The molecule has 0 aliphatic carbocycles. The predicted molar refractivity (Wildman–Crippen MR) is 101 cm³/mol. The first-order valence-electron chi connectivity index (χ1n) is 8.93. The van der Waals surface area contributed by atoms with Crippen LogP contribution in [0.2, 0.25) is 0 Å². The van der Waals surface area contributed by atoms with Crippen molar-refractivity contribution in [1.29, 1.82) is 0 Å². The molecule has 2 aromatic carbocycles. The van der Waals surface area contributed by atoms with Crippen LogP contribution in [0, 0.1) is 5.92 Å². The van der Waals surface area contributed by atoms with Crippen LogP contribution in [0.25, 0.3) is 22.3 Å². The average Bonchev–Trinajstić information content (AvgIpc) is 3.11. The number of rotatable bonds is 4. The lowest BCUT2D eigenvalue weighted by Crippen LogP contribution is -2.26. The van der Waals surface area contributed by atoms with Crippen LogP contribution in [0.1, 0.15) is 20.3 Å². The number of ether oxygens (including phenoxy) is 1. The van der Waals surface area contributed by atoms with Gasteiger partial charge in [0.05, 0.1) is 10.9 Å². The number of hydrogen-bond acceptors (Lipinski definition) is 4. The molecule has 0 saturated carbocycles. The van der Waals surface area contributed by atoms with Crippen LogP contribution in [-0.4, -0.2) is 28.7 Å². The van der Waals surface area contributed by atoms with Gasteiger partial charge in [0, 0.05) is 24.6 Å². The third-order valence-corrected chi connectivity index (χ3v) is 4.81. The minimum atomic E-state index is 0.148. The number of nitrogens with zero attached hydrogens (tertiary/aromatic N) is 2. The molecule has 128 valence electrons. The molecule has 0 spiro atoms. The van der Waals surface area contributed by atoms with E-state index in [1.807, 2.05) is 54.6 Å². The maximum atomic E-state index is 6.32. The van der Waals surface area contributed by atoms with Crippen molar-refractivity contribution in [2.45, 2.75) is 32.4 Å². The molecule has 1 fully saturated rings. The van der Waals surface area contributed by atoms with Crippen LogP contribution in [0.5, 0.6) is 5.88 Å². The lowest BCUT2D eigenvalue weighted by Gasteiger charge is -2.16. The van der Waals surface area contributed by atoms with E-state index in [1.165, 1.54) is 0 Å². The van der Waals surface area contributed by atoms with E-state index >= 15 is 0 Å². The maximum absolute atomic E-state index is 6.32. The number of hydrogen-bond donors (Lipinski definition) is 1. The summed E-state index contributed by atoms with van der Waals surface area (Å²) in [5.41, 5.74) is 1.92. The van der Waals surface area contributed by atoms with Gasteiger partial charge in [-0.15, -0.1) is 0 Å². The molecule has 1 aliphatic heterocycles. The molecule has 2 atom stereocenters. The number of para-hydroxylation sites is 1. The minimum absolute atomic E-state index is 0.148. The molecule has 2 unspecified atom stereocenters. The van der Waals surface area contributed by atoms with Crippen molar-refractivity contribution in [3.05, 3.63) is 54.6 Å². The summed E-state index contributed by atoms with van der Waals surface area (Å²) in [7, 11) is 0. The Bertz CT molecular complexity index is 863. The normalized spacial score (nSPS) is 20.3. The van der Waals surface area contributed by atoms with Crippen LogP contribution >= 0.6 is 0 Å². The summed E-state index contributed by atoms with van der Waals surface area (Å²) in [5.74, 6) is 2.00. The summed E-state index contributed by atoms with van der Waals surface area (Å²) in [6.45, 7) is 5.35. The summed E-state index contributed by atoms with van der Waals surface area (Å²) in [6.07, 6.45) is 1.16. The van der Waals surface area contributed by atoms with E-state index < -0.39 is 0 Å². The van der Waals surface area contributed by atoms with Gasteiger partial charge < -0.3 is 10.1 Å². The van der Waals surface area contributed by atoms with Crippen LogP contribution in [0.4, 0.5) is 0 Å². The quantitative estimate of drug-likeness (QED) is 0.782. The zero-order valence-corrected chi connectivity index (χ0v) is 14.6. The second kappa shape index (κ2) is 6.81. The van der Waals surface area contributed by atoms with E-state index in [1.54, 1.807) is 0 Å². The monoisotopic (exact) mass is 333 g/mol. The van der Waals surface area contributed by atoms with Crippen LogP contribution in [0.3, 0.4) is 0 Å². The summed E-state index contributed by atoms with van der Waals surface area (Å²) in [4.78, 5) is 9.46. The van der Waals surface area contributed by atoms with E-state index in [0.29, 0.717) is 23.7 Å². The fourth-order valence-electron chi connectivity index (χ4n) is 3.34. The molecule has 0 amide bonds. The molecule has 1 aromatic heterocycles. The van der Waals surface area contributed by atoms with Gasteiger partial charge in [-0.25, -0.2) is 4.98 Å². The summed E-state index contributed by atoms with van der Waals surface area (Å²) in [6, 6.07) is 18.6. The zero-order chi connectivity index (χ0) is 17.2. The van der Waals surface area contributed by atoms with E-state index in [-0.39, 0.29) is 6.10 Å². The number of aromatic nitrogens is 2. The molecular weight excluding hydrogens is 310 g/mol. The predicted octanol–water partition coefficient (Wildman–Crippen LogP) is 4.06. The standard InChI is InChI=1S/C21H23N3O/c1-14(2)19-12-16(13-22-19)25-21-17-10-6-7-11-18(17)23-20(24-21)15-8-4-3-5-9-15/h3-11,14,16,19,22H,12-13H2,1-2H3. The van der Waals surface area contributed by atoms with Gasteiger partial charge in [0.25, 0.3) is 0 Å². The first kappa shape index (κ1) is 16.0. The van der Waals surface area contributed by atoms with Gasteiger partial charge in [0.1, 0.15) is 6.10 Å². The Kier molecular flexibility index (Phi) is 4.36. The third kappa shape index (κ3) is 3.35. The third-order valence-electron chi connectivity index (χ3n) is 4.81. The number of fused-ring (bicyclic) bond motifs is 1. The van der Waals surface area contributed by atoms with Crippen LogP contribution in [0.15, 0.2) is 54.6 Å². The zero-order valence-electron chi connectivity index (χ0n) is 14.6. The van der Waals surface area contributed by atoms with Crippen molar-refractivity contribution in [3.8, 4) is 17.3 Å². The summed E-state index contributed by atoms with van der Waals surface area (Å²) in [5, 5.41) is 4.52. The van der Waals surface area contributed by atoms with Gasteiger partial charge in [-0.1, -0.05) is 56.3 Å². The average molecular weight is 333 g/mol. The number of benzene rings is 2. The van der Waals surface area contributed by atoms with E-state index in [9.17, 15) is 0 Å². The maximum Gasteiger partial charge on any atom is 0.225 e. The van der Waals surface area contributed by atoms with E-state index in [2.05, 4.69) is 19.2 Å². The smallest absolute Gasteiger partial charge is 0.225 e. The molecule has 0 bridgehead atoms. The fourth-order valence-corrected chi connectivity index (χ4v) is 3.34. The molecule has 3 aromatic rings. The highest BCUT2D eigenvalue weighted by Gasteiger charge is 2.28.